The number of halogens is 2. The fraction of sp³-hybridized carbons (Fsp3) is 0.520. The number of unbranched alkanes of at least 4 members (excludes halogenated alkanes) is 3. The van der Waals surface area contributed by atoms with Gasteiger partial charge in [-0.3, -0.25) is 0 Å². The highest BCUT2D eigenvalue weighted by molar-refractivity contribution is 5.40. The number of nitrogens with one attached hydrogen (secondary N) is 1. The molecule has 0 saturated heterocycles. The summed E-state index contributed by atoms with van der Waals surface area (Å²) in [5.74, 6) is -2.84. The molecular weight excluding hydrogens is 416 g/mol. The number of aromatic hydroxyl groups is 1. The van der Waals surface area contributed by atoms with E-state index in [4.69, 9.17) is 4.74 Å². The molecule has 4 N–H and O–H groups in total. The zero-order valence-electron chi connectivity index (χ0n) is 18.5. The van der Waals surface area contributed by atoms with Gasteiger partial charge in [0.15, 0.2) is 0 Å². The first kappa shape index (κ1) is 26.2. The summed E-state index contributed by atoms with van der Waals surface area (Å²) in [5.41, 5.74) is 1.76. The zero-order chi connectivity index (χ0) is 23.2. The quantitative estimate of drug-likeness (QED) is 0.285. The summed E-state index contributed by atoms with van der Waals surface area (Å²) in [6.07, 6.45) is 2.77. The van der Waals surface area contributed by atoms with Crippen LogP contribution in [0.25, 0.3) is 0 Å². The largest absolute Gasteiger partial charge is 0.508 e. The minimum Gasteiger partial charge on any atom is -0.508 e. The van der Waals surface area contributed by atoms with Crippen molar-refractivity contribution in [1.82, 2.24) is 5.32 Å². The summed E-state index contributed by atoms with van der Waals surface area (Å²) in [6.45, 7) is 0.485. The molecule has 0 aliphatic carbocycles. The minimum absolute atomic E-state index is 0.0276. The van der Waals surface area contributed by atoms with Crippen molar-refractivity contribution < 1.29 is 28.8 Å². The molecule has 0 amide bonds. The maximum atomic E-state index is 13.9. The van der Waals surface area contributed by atoms with Crippen LogP contribution in [0, 0.1) is 0 Å². The van der Waals surface area contributed by atoms with Crippen LogP contribution in [0.4, 0.5) is 8.78 Å². The number of aliphatic hydroxyl groups excluding tert-OH is 2. The van der Waals surface area contributed by atoms with Gasteiger partial charge in [-0.25, -0.2) is 8.78 Å². The number of benzene rings is 2. The normalized spacial score (nSPS) is 12.8. The maximum absolute atomic E-state index is 13.9. The van der Waals surface area contributed by atoms with Gasteiger partial charge in [0.05, 0.1) is 12.7 Å². The second kappa shape index (κ2) is 14.2. The third-order valence-corrected chi connectivity index (χ3v) is 5.37. The fourth-order valence-electron chi connectivity index (χ4n) is 3.50. The third kappa shape index (κ3) is 9.61. The van der Waals surface area contributed by atoms with Crippen LogP contribution >= 0.6 is 0 Å². The topological polar surface area (TPSA) is 82.0 Å². The summed E-state index contributed by atoms with van der Waals surface area (Å²) < 4.78 is 33.0. The van der Waals surface area contributed by atoms with E-state index in [0.29, 0.717) is 37.2 Å². The van der Waals surface area contributed by atoms with E-state index in [-0.39, 0.29) is 18.8 Å². The molecule has 1 atom stereocenters. The first-order valence-electron chi connectivity index (χ1n) is 11.2. The third-order valence-electron chi connectivity index (χ3n) is 5.37. The van der Waals surface area contributed by atoms with Crippen molar-refractivity contribution in [2.75, 3.05) is 26.3 Å². The average Bonchev–Trinajstić information content (AvgIpc) is 2.79. The number of aryl methyl sites for hydroxylation is 1. The highest BCUT2D eigenvalue weighted by Crippen LogP contribution is 2.26. The van der Waals surface area contributed by atoms with Gasteiger partial charge in [-0.05, 0) is 43.0 Å². The van der Waals surface area contributed by atoms with Gasteiger partial charge in [0, 0.05) is 25.1 Å². The molecule has 1 unspecified atom stereocenters. The van der Waals surface area contributed by atoms with Crippen LogP contribution in [-0.2, 0) is 17.8 Å². The van der Waals surface area contributed by atoms with E-state index in [1.807, 2.05) is 30.3 Å². The van der Waals surface area contributed by atoms with Gasteiger partial charge in [0.25, 0.3) is 5.92 Å². The van der Waals surface area contributed by atoms with Crippen LogP contribution in [0.3, 0.4) is 0 Å². The fourth-order valence-corrected chi connectivity index (χ4v) is 3.50. The molecule has 178 valence electrons. The Morgan fingerprint density at radius 1 is 0.969 bits per heavy atom. The molecular formula is C25H35F2NO4. The minimum atomic E-state index is -2.81. The average molecular weight is 452 g/mol. The number of hydrogen-bond acceptors (Lipinski definition) is 5. The molecule has 0 bridgehead atoms. The molecule has 0 heterocycles. The highest BCUT2D eigenvalue weighted by atomic mass is 19.3. The van der Waals surface area contributed by atoms with Gasteiger partial charge in [-0.15, -0.1) is 0 Å². The predicted molar refractivity (Wildman–Crippen MR) is 121 cm³/mol. The maximum Gasteiger partial charge on any atom is 0.271 e. The molecule has 0 aliphatic heterocycles. The van der Waals surface area contributed by atoms with Gasteiger partial charge in [0.1, 0.15) is 12.4 Å². The van der Waals surface area contributed by atoms with E-state index in [1.165, 1.54) is 6.07 Å². The molecule has 0 fully saturated rings. The summed E-state index contributed by atoms with van der Waals surface area (Å²) in [7, 11) is 0. The van der Waals surface area contributed by atoms with Crippen LogP contribution < -0.4 is 5.32 Å². The Morgan fingerprint density at radius 2 is 1.72 bits per heavy atom. The molecule has 0 aliphatic rings. The van der Waals surface area contributed by atoms with E-state index < -0.39 is 18.6 Å². The van der Waals surface area contributed by atoms with Gasteiger partial charge in [-0.1, -0.05) is 55.3 Å². The van der Waals surface area contributed by atoms with E-state index in [1.54, 1.807) is 12.1 Å². The lowest BCUT2D eigenvalue weighted by atomic mass is 10.0. The first-order chi connectivity index (χ1) is 15.4. The molecule has 0 radical (unpaired) electrons. The van der Waals surface area contributed by atoms with Gasteiger partial charge >= 0.3 is 0 Å². The number of phenols is 1. The van der Waals surface area contributed by atoms with Crippen LogP contribution in [0.1, 0.15) is 54.9 Å². The Labute approximate surface area is 189 Å². The van der Waals surface area contributed by atoms with Crippen molar-refractivity contribution in [2.24, 2.45) is 0 Å². The number of ether oxygens (including phenoxy) is 1. The number of rotatable bonds is 16. The molecule has 5 nitrogen and oxygen atoms in total. The molecule has 2 aromatic carbocycles. The second-order valence-corrected chi connectivity index (χ2v) is 8.03. The Morgan fingerprint density at radius 3 is 2.47 bits per heavy atom. The zero-order valence-corrected chi connectivity index (χ0v) is 18.5. The van der Waals surface area contributed by atoms with Crippen molar-refractivity contribution in [2.45, 2.75) is 57.2 Å². The first-order valence-corrected chi connectivity index (χ1v) is 11.2. The van der Waals surface area contributed by atoms with E-state index in [2.05, 4.69) is 5.32 Å². The smallest absolute Gasteiger partial charge is 0.271 e. The van der Waals surface area contributed by atoms with Crippen LogP contribution in [0.15, 0.2) is 48.5 Å². The molecule has 32 heavy (non-hydrogen) atoms. The summed E-state index contributed by atoms with van der Waals surface area (Å²) >= 11 is 0. The molecule has 0 saturated carbocycles. The van der Waals surface area contributed by atoms with Crippen molar-refractivity contribution in [3.63, 3.8) is 0 Å². The van der Waals surface area contributed by atoms with E-state index >= 15 is 0 Å². The monoisotopic (exact) mass is 451 g/mol. The lowest BCUT2D eigenvalue weighted by Gasteiger charge is -2.17. The molecule has 2 aromatic rings. The van der Waals surface area contributed by atoms with Crippen molar-refractivity contribution >= 4 is 0 Å². The number of alkyl halides is 2. The Kier molecular flexibility index (Phi) is 11.6. The van der Waals surface area contributed by atoms with E-state index in [0.717, 1.165) is 31.2 Å². The summed E-state index contributed by atoms with van der Waals surface area (Å²) in [5, 5.41) is 32.5. The molecule has 7 heteroatoms. The Hall–Kier alpha value is -2.06. The summed E-state index contributed by atoms with van der Waals surface area (Å²) in [4.78, 5) is 0. The van der Waals surface area contributed by atoms with Crippen LogP contribution in [-0.4, -0.2) is 47.5 Å². The summed E-state index contributed by atoms with van der Waals surface area (Å²) in [6, 6.07) is 14.1. The van der Waals surface area contributed by atoms with Gasteiger partial charge in [-0.2, -0.15) is 0 Å². The predicted octanol–water partition coefficient (Wildman–Crippen LogP) is 4.35. The molecule has 0 spiro atoms. The Bertz CT molecular complexity index is 774. The van der Waals surface area contributed by atoms with E-state index in [9.17, 15) is 24.1 Å². The molecule has 2 rings (SSSR count). The van der Waals surface area contributed by atoms with Crippen LogP contribution in [0.2, 0.25) is 0 Å². The lowest BCUT2D eigenvalue weighted by Crippen LogP contribution is -2.25. The van der Waals surface area contributed by atoms with Gasteiger partial charge < -0.3 is 25.4 Å². The number of aliphatic hydroxyl groups is 2. The Balaban J connectivity index is 1.48. The molecule has 0 aromatic heterocycles. The standard InChI is InChI=1S/C25H35F2NO4/c26-25(27,14-13-20-9-4-3-5-10-20)19-32-16-7-2-1-6-15-28-17-24(31)21-11-8-12-23(30)22(21)18-29/h3-5,8-12,24,28-31H,1-2,6-7,13-19H2. The van der Waals surface area contributed by atoms with Crippen LogP contribution in [0.5, 0.6) is 5.75 Å². The second-order valence-electron chi connectivity index (χ2n) is 8.03. The van der Waals surface area contributed by atoms with Gasteiger partial charge in [0.2, 0.25) is 0 Å². The SMILES string of the molecule is OCc1c(O)cccc1C(O)CNCCCCCCOCC(F)(F)CCc1ccccc1. The number of hydrogen-bond donors (Lipinski definition) is 4. The lowest BCUT2D eigenvalue weighted by molar-refractivity contribution is -0.0822. The van der Waals surface area contributed by atoms with Crippen molar-refractivity contribution in [3.05, 3.63) is 65.2 Å². The highest BCUT2D eigenvalue weighted by Gasteiger charge is 2.28. The van der Waals surface area contributed by atoms with Crippen molar-refractivity contribution in [1.29, 1.82) is 0 Å². The van der Waals surface area contributed by atoms with Crippen molar-refractivity contribution in [3.8, 4) is 5.75 Å².